The second-order valence-electron chi connectivity index (χ2n) is 10.1. The molecule has 2 aromatic rings. The van der Waals surface area contributed by atoms with Gasteiger partial charge in [-0.1, -0.05) is 55.8 Å². The second kappa shape index (κ2) is 11.5. The summed E-state index contributed by atoms with van der Waals surface area (Å²) in [5, 5.41) is 3.46. The van der Waals surface area contributed by atoms with Crippen molar-refractivity contribution in [1.82, 2.24) is 9.80 Å². The van der Waals surface area contributed by atoms with Gasteiger partial charge in [-0.25, -0.2) is 0 Å². The average Bonchev–Trinajstić information content (AvgIpc) is 2.88. The largest absolute Gasteiger partial charge is 0.416 e. The number of para-hydroxylation sites is 1. The Balaban J connectivity index is 1.42. The maximum absolute atomic E-state index is 13.0. The summed E-state index contributed by atoms with van der Waals surface area (Å²) in [6.07, 6.45) is -0.264. The zero-order valence-electron chi connectivity index (χ0n) is 22.0. The number of nitrogens with one attached hydrogen (secondary N) is 1. The lowest BCUT2D eigenvalue weighted by molar-refractivity contribution is -0.137. The molecule has 1 N–H and O–H groups in total. The molecule has 0 radical (unpaired) electrons. The molecule has 0 spiro atoms. The van der Waals surface area contributed by atoms with Crippen LogP contribution in [0.5, 0.6) is 0 Å². The third-order valence-corrected chi connectivity index (χ3v) is 7.41. The molecule has 0 aromatic heterocycles. The number of benzene rings is 2. The van der Waals surface area contributed by atoms with Gasteiger partial charge in [0.05, 0.1) is 17.1 Å². The molecular weight excluding hydrogens is 473 g/mol. The number of likely N-dealkylation sites (tertiary alicyclic amines) is 1. The molecule has 0 amide bonds. The smallest absolute Gasteiger partial charge is 0.351 e. The summed E-state index contributed by atoms with van der Waals surface area (Å²) in [6.45, 7) is 14.0. The van der Waals surface area contributed by atoms with Gasteiger partial charge < -0.3 is 10.2 Å². The van der Waals surface area contributed by atoms with Crippen LogP contribution in [0.3, 0.4) is 0 Å². The van der Waals surface area contributed by atoms with Crippen LogP contribution in [0.25, 0.3) is 0 Å². The highest BCUT2D eigenvalue weighted by Gasteiger charge is 2.30. The van der Waals surface area contributed by atoms with Crippen molar-refractivity contribution in [3.8, 4) is 0 Å². The summed E-state index contributed by atoms with van der Waals surface area (Å²) >= 11 is 0. The van der Waals surface area contributed by atoms with E-state index >= 15 is 0 Å². The lowest BCUT2D eigenvalue weighted by atomic mass is 10.00. The minimum atomic E-state index is -4.33. The maximum Gasteiger partial charge on any atom is 0.416 e. The molecule has 0 unspecified atom stereocenters. The first-order valence-electron chi connectivity index (χ1n) is 13.1. The van der Waals surface area contributed by atoms with Crippen LogP contribution in [0.4, 0.5) is 18.9 Å². The molecule has 4 nitrogen and oxygen atoms in total. The Morgan fingerprint density at radius 2 is 1.73 bits per heavy atom. The van der Waals surface area contributed by atoms with Gasteiger partial charge in [-0.15, -0.1) is 0 Å². The number of alkyl halides is 3. The molecule has 1 saturated heterocycles. The van der Waals surface area contributed by atoms with Crippen molar-refractivity contribution in [1.29, 1.82) is 0 Å². The molecule has 1 fully saturated rings. The molecule has 0 bridgehead atoms. The topological polar surface area (TPSA) is 30.9 Å². The number of allylic oxidation sites excluding steroid dienone is 1. The molecule has 7 heteroatoms. The molecule has 37 heavy (non-hydrogen) atoms. The molecule has 2 aliphatic rings. The van der Waals surface area contributed by atoms with Crippen molar-refractivity contribution in [3.05, 3.63) is 88.9 Å². The zero-order chi connectivity index (χ0) is 26.6. The van der Waals surface area contributed by atoms with Crippen molar-refractivity contribution >= 4 is 11.4 Å². The van der Waals surface area contributed by atoms with Crippen LogP contribution in [0.15, 0.2) is 77.2 Å². The summed E-state index contributed by atoms with van der Waals surface area (Å²) in [4.78, 5) is 9.78. The molecule has 0 aliphatic carbocycles. The van der Waals surface area contributed by atoms with E-state index in [9.17, 15) is 13.2 Å². The van der Waals surface area contributed by atoms with E-state index in [1.807, 2.05) is 13.0 Å². The summed E-state index contributed by atoms with van der Waals surface area (Å²) < 4.78 is 38.9. The predicted molar refractivity (Wildman–Crippen MR) is 145 cm³/mol. The number of hydrogen-bond donors (Lipinski definition) is 1. The summed E-state index contributed by atoms with van der Waals surface area (Å²) in [5.41, 5.74) is 5.51. The Hall–Kier alpha value is -3.06. The molecule has 198 valence electrons. The number of rotatable bonds is 7. The number of fused-ring (bicyclic) bond motifs is 1. The Morgan fingerprint density at radius 3 is 2.38 bits per heavy atom. The molecule has 2 aliphatic heterocycles. The van der Waals surface area contributed by atoms with E-state index in [1.165, 1.54) is 23.3 Å². The van der Waals surface area contributed by atoms with Crippen molar-refractivity contribution < 1.29 is 13.2 Å². The van der Waals surface area contributed by atoms with E-state index < -0.39 is 11.7 Å². The van der Waals surface area contributed by atoms with Crippen LogP contribution in [-0.2, 0) is 12.7 Å². The van der Waals surface area contributed by atoms with E-state index in [1.54, 1.807) is 0 Å². The lowest BCUT2D eigenvalue weighted by Crippen LogP contribution is -2.46. The molecule has 4 rings (SSSR count). The van der Waals surface area contributed by atoms with Gasteiger partial charge in [0, 0.05) is 43.6 Å². The third-order valence-electron chi connectivity index (χ3n) is 7.41. The van der Waals surface area contributed by atoms with Gasteiger partial charge in [0.15, 0.2) is 0 Å². The van der Waals surface area contributed by atoms with Crippen LogP contribution in [-0.4, -0.2) is 41.2 Å². The van der Waals surface area contributed by atoms with Crippen molar-refractivity contribution in [3.63, 3.8) is 0 Å². The van der Waals surface area contributed by atoms with E-state index in [4.69, 9.17) is 4.99 Å². The summed E-state index contributed by atoms with van der Waals surface area (Å²) in [7, 11) is 0. The fourth-order valence-electron chi connectivity index (χ4n) is 5.19. The highest BCUT2D eigenvalue weighted by Crippen LogP contribution is 2.31. The van der Waals surface area contributed by atoms with Crippen LogP contribution < -0.4 is 5.32 Å². The number of halogens is 3. The quantitative estimate of drug-likeness (QED) is 0.393. The van der Waals surface area contributed by atoms with Gasteiger partial charge in [0.1, 0.15) is 0 Å². The fourth-order valence-corrected chi connectivity index (χ4v) is 5.19. The van der Waals surface area contributed by atoms with E-state index in [2.05, 4.69) is 53.7 Å². The van der Waals surface area contributed by atoms with Gasteiger partial charge in [0.25, 0.3) is 0 Å². The SMILES string of the molecule is C=C1Nc2ccccc2CN1C1CCN(CC(/N=C(\C)c2ccc(C(F)(F)F)cc2)=C(/C)CCC)CC1. The van der Waals surface area contributed by atoms with Crippen LogP contribution in [0.1, 0.15) is 63.1 Å². The number of aliphatic imine (C=N–C) groups is 1. The standard InChI is InChI=1S/C30H37F3N4/c1-5-8-21(2)29(34-22(3)24-11-13-26(14-12-24)30(31,32)33)20-36-17-15-27(16-18-36)37-19-25-9-6-7-10-28(25)35-23(37)4/h6-7,9-14,27,35H,4-5,8,15-20H2,1-3H3/b29-21+,34-22+. The normalized spacial score (nSPS) is 18.4. The number of nitrogens with zero attached hydrogens (tertiary/aromatic N) is 3. The van der Waals surface area contributed by atoms with Gasteiger partial charge in [-0.3, -0.25) is 9.89 Å². The van der Waals surface area contributed by atoms with E-state index in [0.717, 1.165) is 86.9 Å². The fraction of sp³-hybridized carbons (Fsp3) is 0.433. The minimum Gasteiger partial charge on any atom is -0.351 e. The van der Waals surface area contributed by atoms with Crippen molar-refractivity contribution in [2.45, 2.75) is 65.2 Å². The molecule has 0 saturated carbocycles. The molecule has 2 heterocycles. The average molecular weight is 511 g/mol. The van der Waals surface area contributed by atoms with Gasteiger partial charge in [0.2, 0.25) is 0 Å². The first-order valence-corrected chi connectivity index (χ1v) is 13.1. The summed E-state index contributed by atoms with van der Waals surface area (Å²) in [5.74, 6) is 0.966. The lowest BCUT2D eigenvalue weighted by Gasteiger charge is -2.43. The van der Waals surface area contributed by atoms with Crippen LogP contribution in [0.2, 0.25) is 0 Å². The molecule has 0 atom stereocenters. The minimum absolute atomic E-state index is 0.436. The number of anilines is 1. The molecular formula is C30H37F3N4. The van der Waals surface area contributed by atoms with Crippen molar-refractivity contribution in [2.24, 2.45) is 4.99 Å². The monoisotopic (exact) mass is 510 g/mol. The van der Waals surface area contributed by atoms with Gasteiger partial charge >= 0.3 is 6.18 Å². The van der Waals surface area contributed by atoms with E-state index in [-0.39, 0.29) is 0 Å². The van der Waals surface area contributed by atoms with Crippen LogP contribution in [0, 0.1) is 0 Å². The number of hydrogen-bond acceptors (Lipinski definition) is 4. The Bertz CT molecular complexity index is 1160. The van der Waals surface area contributed by atoms with Gasteiger partial charge in [-0.05, 0) is 62.4 Å². The first kappa shape index (κ1) is 27.0. The molecule has 2 aromatic carbocycles. The second-order valence-corrected chi connectivity index (χ2v) is 10.1. The number of piperidine rings is 1. The highest BCUT2D eigenvalue weighted by molar-refractivity contribution is 5.99. The zero-order valence-corrected chi connectivity index (χ0v) is 22.0. The Kier molecular flexibility index (Phi) is 8.42. The van der Waals surface area contributed by atoms with Crippen LogP contribution >= 0.6 is 0 Å². The highest BCUT2D eigenvalue weighted by atomic mass is 19.4. The summed E-state index contributed by atoms with van der Waals surface area (Å²) in [6, 6.07) is 14.1. The predicted octanol–water partition coefficient (Wildman–Crippen LogP) is 7.45. The Morgan fingerprint density at radius 1 is 1.05 bits per heavy atom. The maximum atomic E-state index is 13.0. The van der Waals surface area contributed by atoms with Crippen molar-refractivity contribution in [2.75, 3.05) is 25.0 Å². The Labute approximate surface area is 218 Å². The van der Waals surface area contributed by atoms with Gasteiger partial charge in [-0.2, -0.15) is 13.2 Å². The first-order chi connectivity index (χ1) is 17.7. The van der Waals surface area contributed by atoms with E-state index in [0.29, 0.717) is 11.6 Å². The third kappa shape index (κ3) is 6.63.